The molecule has 2 aliphatic heterocycles. The van der Waals surface area contributed by atoms with Gasteiger partial charge >= 0.3 is 5.91 Å². The first-order chi connectivity index (χ1) is 20.4. The number of ether oxygens (including phenoxy) is 4. The van der Waals surface area contributed by atoms with Crippen molar-refractivity contribution in [3.63, 3.8) is 0 Å². The van der Waals surface area contributed by atoms with E-state index in [1.54, 1.807) is 36.4 Å². The zero-order valence-corrected chi connectivity index (χ0v) is 24.3. The van der Waals surface area contributed by atoms with Crippen molar-refractivity contribution in [2.45, 2.75) is 32.7 Å². The molecule has 6 rings (SSSR count). The molecule has 1 atom stereocenters. The number of aliphatic hydroxyl groups excluding tert-OH is 1. The number of methoxy groups -OCH3 is 1. The molecule has 2 aliphatic rings. The lowest BCUT2D eigenvalue weighted by Gasteiger charge is -2.24. The maximum atomic E-state index is 13.7. The Bertz CT molecular complexity index is 1730. The lowest BCUT2D eigenvalue weighted by atomic mass is 9.95. The first kappa shape index (κ1) is 27.6. The Morgan fingerprint density at radius 1 is 1.05 bits per heavy atom. The van der Waals surface area contributed by atoms with Crippen LogP contribution in [-0.2, 0) is 9.59 Å². The summed E-state index contributed by atoms with van der Waals surface area (Å²) in [6.45, 7) is 5.38. The van der Waals surface area contributed by atoms with Crippen molar-refractivity contribution < 1.29 is 33.6 Å². The second kappa shape index (κ2) is 11.4. The fraction of sp³-hybridized carbons (Fsp3) is 0.281. The van der Waals surface area contributed by atoms with E-state index in [1.807, 2.05) is 25.1 Å². The summed E-state index contributed by atoms with van der Waals surface area (Å²) >= 11 is 1.31. The molecule has 0 bridgehead atoms. The molecule has 1 aromatic heterocycles. The smallest absolute Gasteiger partial charge is 0.301 e. The molecule has 3 heterocycles. The molecule has 9 nitrogen and oxygen atoms in total. The van der Waals surface area contributed by atoms with Gasteiger partial charge in [0.1, 0.15) is 19.0 Å². The van der Waals surface area contributed by atoms with Crippen LogP contribution in [0.15, 0.2) is 60.2 Å². The zero-order valence-electron chi connectivity index (χ0n) is 23.5. The molecule has 0 radical (unpaired) electrons. The number of thiazole rings is 1. The van der Waals surface area contributed by atoms with Gasteiger partial charge in [0.2, 0.25) is 0 Å². The van der Waals surface area contributed by atoms with Crippen LogP contribution in [0.25, 0.3) is 16.0 Å². The number of nitrogens with zero attached hydrogens (tertiary/aromatic N) is 2. The molecule has 1 N–H and O–H groups in total. The highest BCUT2D eigenvalue weighted by Crippen LogP contribution is 2.46. The van der Waals surface area contributed by atoms with E-state index in [-0.39, 0.29) is 11.3 Å². The van der Waals surface area contributed by atoms with E-state index in [4.69, 9.17) is 23.9 Å². The van der Waals surface area contributed by atoms with Gasteiger partial charge in [0.15, 0.2) is 28.1 Å². The molecule has 0 saturated carbocycles. The van der Waals surface area contributed by atoms with Crippen LogP contribution in [0.2, 0.25) is 0 Å². The Kier molecular flexibility index (Phi) is 7.47. The number of aryl methyl sites for hydroxylation is 1. The minimum absolute atomic E-state index is 0.0613. The Hall–Kier alpha value is -4.57. The van der Waals surface area contributed by atoms with Crippen molar-refractivity contribution in [2.75, 3.05) is 31.8 Å². The predicted molar refractivity (Wildman–Crippen MR) is 160 cm³/mol. The maximum absolute atomic E-state index is 13.7. The number of hydrogen-bond donors (Lipinski definition) is 1. The fourth-order valence-corrected chi connectivity index (χ4v) is 6.20. The molecule has 10 heteroatoms. The third-order valence-corrected chi connectivity index (χ3v) is 8.28. The van der Waals surface area contributed by atoms with E-state index in [0.717, 1.165) is 23.1 Å². The quantitative estimate of drug-likeness (QED) is 0.113. The number of benzene rings is 3. The van der Waals surface area contributed by atoms with Gasteiger partial charge in [-0.2, -0.15) is 0 Å². The summed E-state index contributed by atoms with van der Waals surface area (Å²) in [5.74, 6) is 0.0810. The number of amides is 1. The Morgan fingerprint density at radius 2 is 1.86 bits per heavy atom. The third kappa shape index (κ3) is 4.92. The SMILES string of the molecule is CCCCOc1ccc(C2C(=C(O)c3ccc4c(c3)OCCO4)C(=O)C(=O)N2c2nc3ccc(C)cc3s2)cc1OC. The van der Waals surface area contributed by atoms with Crippen LogP contribution in [0.3, 0.4) is 0 Å². The number of hydrogen-bond acceptors (Lipinski definition) is 9. The lowest BCUT2D eigenvalue weighted by molar-refractivity contribution is -0.132. The van der Waals surface area contributed by atoms with Crippen molar-refractivity contribution in [3.8, 4) is 23.0 Å². The van der Waals surface area contributed by atoms with Crippen LogP contribution >= 0.6 is 11.3 Å². The summed E-state index contributed by atoms with van der Waals surface area (Å²) in [5, 5.41) is 12.0. The second-order valence-corrected chi connectivity index (χ2v) is 11.1. The maximum Gasteiger partial charge on any atom is 0.301 e. The number of unbranched alkanes of at least 4 members (excludes halogenated alkanes) is 1. The summed E-state index contributed by atoms with van der Waals surface area (Å²) < 4.78 is 23.7. The number of ketones is 1. The number of fused-ring (bicyclic) bond motifs is 2. The Labute approximate surface area is 246 Å². The largest absolute Gasteiger partial charge is 0.507 e. The van der Waals surface area contributed by atoms with Crippen LogP contribution in [0.5, 0.6) is 23.0 Å². The van der Waals surface area contributed by atoms with Gasteiger partial charge in [0, 0.05) is 5.56 Å². The van der Waals surface area contributed by atoms with E-state index >= 15 is 0 Å². The molecular formula is C32H30N2O7S. The number of carbonyl (C=O) groups excluding carboxylic acids is 2. The van der Waals surface area contributed by atoms with Crippen LogP contribution in [0, 0.1) is 6.92 Å². The molecule has 1 amide bonds. The number of aliphatic hydroxyl groups is 1. The van der Waals surface area contributed by atoms with Gasteiger partial charge < -0.3 is 24.1 Å². The van der Waals surface area contributed by atoms with Crippen molar-refractivity contribution in [2.24, 2.45) is 0 Å². The summed E-state index contributed by atoms with van der Waals surface area (Å²) in [6, 6.07) is 15.0. The number of aromatic nitrogens is 1. The van der Waals surface area contributed by atoms with Gasteiger partial charge in [-0.05, 0) is 66.9 Å². The molecule has 3 aromatic carbocycles. The Balaban J connectivity index is 1.51. The topological polar surface area (TPSA) is 107 Å². The van der Waals surface area contributed by atoms with Gasteiger partial charge in [-0.3, -0.25) is 14.5 Å². The average molecular weight is 587 g/mol. The Morgan fingerprint density at radius 3 is 2.64 bits per heavy atom. The fourth-order valence-electron chi connectivity index (χ4n) is 5.11. The minimum Gasteiger partial charge on any atom is -0.507 e. The molecule has 4 aromatic rings. The van der Waals surface area contributed by atoms with Gasteiger partial charge in [0.05, 0.1) is 35.5 Å². The van der Waals surface area contributed by atoms with Crippen molar-refractivity contribution in [1.29, 1.82) is 0 Å². The first-order valence-corrected chi connectivity index (χ1v) is 14.6. The second-order valence-electron chi connectivity index (χ2n) is 10.1. The third-order valence-electron chi connectivity index (χ3n) is 7.26. The molecule has 1 saturated heterocycles. The molecule has 42 heavy (non-hydrogen) atoms. The number of anilines is 1. The molecule has 0 aliphatic carbocycles. The van der Waals surface area contributed by atoms with Gasteiger partial charge in [-0.15, -0.1) is 0 Å². The normalized spacial score (nSPS) is 17.6. The summed E-state index contributed by atoms with van der Waals surface area (Å²) in [5.41, 5.74) is 2.59. The molecular weight excluding hydrogens is 556 g/mol. The van der Waals surface area contributed by atoms with E-state index in [2.05, 4.69) is 6.92 Å². The van der Waals surface area contributed by atoms with E-state index in [1.165, 1.54) is 23.3 Å². The zero-order chi connectivity index (χ0) is 29.4. The number of Topliss-reactive ketones (excluding diaryl/α,β-unsaturated/α-hetero) is 1. The lowest BCUT2D eigenvalue weighted by Crippen LogP contribution is -2.29. The molecule has 1 fully saturated rings. The molecule has 0 spiro atoms. The van der Waals surface area contributed by atoms with Crippen molar-refractivity contribution >= 4 is 44.1 Å². The summed E-state index contributed by atoms with van der Waals surface area (Å²) in [7, 11) is 1.54. The van der Waals surface area contributed by atoms with E-state index in [9.17, 15) is 14.7 Å². The highest BCUT2D eigenvalue weighted by molar-refractivity contribution is 7.22. The monoisotopic (exact) mass is 586 g/mol. The van der Waals surface area contributed by atoms with Crippen LogP contribution in [-0.4, -0.2) is 48.7 Å². The van der Waals surface area contributed by atoms with Crippen LogP contribution < -0.4 is 23.8 Å². The van der Waals surface area contributed by atoms with Gasteiger partial charge in [0.25, 0.3) is 5.78 Å². The predicted octanol–water partition coefficient (Wildman–Crippen LogP) is 6.19. The minimum atomic E-state index is -0.974. The molecule has 1 unspecified atom stereocenters. The number of rotatable bonds is 8. The van der Waals surface area contributed by atoms with Gasteiger partial charge in [-0.1, -0.05) is 36.8 Å². The van der Waals surface area contributed by atoms with Gasteiger partial charge in [-0.25, -0.2) is 4.98 Å². The highest BCUT2D eigenvalue weighted by Gasteiger charge is 2.48. The van der Waals surface area contributed by atoms with Crippen LogP contribution in [0.1, 0.15) is 42.5 Å². The van der Waals surface area contributed by atoms with Crippen molar-refractivity contribution in [3.05, 3.63) is 76.9 Å². The van der Waals surface area contributed by atoms with Crippen molar-refractivity contribution in [1.82, 2.24) is 4.98 Å². The van der Waals surface area contributed by atoms with Crippen LogP contribution in [0.4, 0.5) is 5.13 Å². The van der Waals surface area contributed by atoms with E-state index < -0.39 is 17.7 Å². The average Bonchev–Trinajstić information content (AvgIpc) is 3.54. The first-order valence-electron chi connectivity index (χ1n) is 13.8. The number of carbonyl (C=O) groups is 2. The standard InChI is InChI=1S/C32H30N2O7S/c1-4-5-12-39-22-10-7-19(16-24(22)38-3)28-27(29(35)20-8-11-23-25(17-20)41-14-13-40-23)30(36)31(37)34(28)32-33-21-9-6-18(2)15-26(21)42-32/h6-11,15-17,28,35H,4-5,12-14H2,1-3H3. The van der Waals surface area contributed by atoms with E-state index in [0.29, 0.717) is 64.6 Å². The molecule has 216 valence electrons. The summed E-state index contributed by atoms with van der Waals surface area (Å²) in [6.07, 6.45) is 1.87. The highest BCUT2D eigenvalue weighted by atomic mass is 32.1. The summed E-state index contributed by atoms with van der Waals surface area (Å²) in [4.78, 5) is 33.5.